The Kier molecular flexibility index (Phi) is 3.01. The van der Waals surface area contributed by atoms with Crippen LogP contribution in [0, 0.1) is 0 Å². The molecule has 1 heterocycles. The number of hydrogen-bond acceptors (Lipinski definition) is 4. The van der Waals surface area contributed by atoms with Crippen LogP contribution in [0.25, 0.3) is 0 Å². The summed E-state index contributed by atoms with van der Waals surface area (Å²) in [4.78, 5) is 14.8. The number of rotatable bonds is 2. The first-order chi connectivity index (χ1) is 5.74. The molecule has 0 aliphatic carbocycles. The normalized spacial score (nSPS) is 12.2. The van der Waals surface area contributed by atoms with Gasteiger partial charge in [-0.25, -0.2) is 15.6 Å². The SMILES string of the molecule is CC(NC(=O)NN)c1nccs1. The summed E-state index contributed by atoms with van der Waals surface area (Å²) in [6.07, 6.45) is 1.69. The molecule has 1 aromatic heterocycles. The Hall–Kier alpha value is -1.14. The van der Waals surface area contributed by atoms with E-state index in [2.05, 4.69) is 10.3 Å². The first-order valence-corrected chi connectivity index (χ1v) is 4.28. The third-order valence-corrected chi connectivity index (χ3v) is 2.26. The van der Waals surface area contributed by atoms with Crippen LogP contribution in [0.4, 0.5) is 4.79 Å². The number of carbonyl (C=O) groups excluding carboxylic acids is 1. The highest BCUT2D eigenvalue weighted by atomic mass is 32.1. The van der Waals surface area contributed by atoms with E-state index in [1.165, 1.54) is 11.3 Å². The Labute approximate surface area is 74.0 Å². The highest BCUT2D eigenvalue weighted by Gasteiger charge is 2.09. The highest BCUT2D eigenvalue weighted by molar-refractivity contribution is 7.09. The van der Waals surface area contributed by atoms with E-state index in [1.807, 2.05) is 17.7 Å². The number of thiazole rings is 1. The van der Waals surface area contributed by atoms with Crippen LogP contribution in [0.5, 0.6) is 0 Å². The van der Waals surface area contributed by atoms with Gasteiger partial charge in [0.15, 0.2) is 0 Å². The molecule has 0 aliphatic heterocycles. The van der Waals surface area contributed by atoms with Gasteiger partial charge >= 0.3 is 6.03 Å². The number of nitrogens with zero attached hydrogens (tertiary/aromatic N) is 1. The summed E-state index contributed by atoms with van der Waals surface area (Å²) in [6.45, 7) is 1.84. The van der Waals surface area contributed by atoms with E-state index in [9.17, 15) is 4.79 Å². The van der Waals surface area contributed by atoms with Crippen molar-refractivity contribution in [2.24, 2.45) is 5.84 Å². The van der Waals surface area contributed by atoms with Crippen LogP contribution in [-0.2, 0) is 0 Å². The Morgan fingerprint density at radius 3 is 3.08 bits per heavy atom. The van der Waals surface area contributed by atoms with Crippen molar-refractivity contribution in [2.75, 3.05) is 0 Å². The maximum atomic E-state index is 10.7. The first-order valence-electron chi connectivity index (χ1n) is 3.40. The zero-order valence-electron chi connectivity index (χ0n) is 6.57. The maximum absolute atomic E-state index is 10.7. The predicted molar refractivity (Wildman–Crippen MR) is 46.4 cm³/mol. The third kappa shape index (κ3) is 2.18. The molecule has 2 amide bonds. The van der Waals surface area contributed by atoms with E-state index in [-0.39, 0.29) is 6.04 Å². The molecule has 0 aliphatic rings. The standard InChI is InChI=1S/C6H10N4OS/c1-4(9-6(11)10-7)5-8-2-3-12-5/h2-4H,7H2,1H3,(H2,9,10,11). The number of hydrogen-bond donors (Lipinski definition) is 3. The number of nitrogens with one attached hydrogen (secondary N) is 2. The van der Waals surface area contributed by atoms with Crippen LogP contribution in [0.1, 0.15) is 18.0 Å². The lowest BCUT2D eigenvalue weighted by Gasteiger charge is -2.09. The molecule has 4 N–H and O–H groups in total. The zero-order chi connectivity index (χ0) is 8.97. The second kappa shape index (κ2) is 4.03. The van der Waals surface area contributed by atoms with Crippen LogP contribution < -0.4 is 16.6 Å². The molecule has 6 heteroatoms. The summed E-state index contributed by atoms with van der Waals surface area (Å²) in [5.74, 6) is 4.89. The zero-order valence-corrected chi connectivity index (χ0v) is 7.39. The summed E-state index contributed by atoms with van der Waals surface area (Å²) >= 11 is 1.49. The quantitative estimate of drug-likeness (QED) is 0.355. The summed E-state index contributed by atoms with van der Waals surface area (Å²) in [6, 6.07) is -0.508. The molecule has 1 aromatic rings. The molecule has 12 heavy (non-hydrogen) atoms. The average molecular weight is 186 g/mol. The van der Waals surface area contributed by atoms with Gasteiger partial charge in [0.05, 0.1) is 6.04 Å². The summed E-state index contributed by atoms with van der Waals surface area (Å²) in [5, 5.41) is 5.32. The van der Waals surface area contributed by atoms with Gasteiger partial charge in [-0.3, -0.25) is 5.43 Å². The molecule has 1 unspecified atom stereocenters. The van der Waals surface area contributed by atoms with E-state index in [1.54, 1.807) is 6.20 Å². The molecule has 0 saturated carbocycles. The van der Waals surface area contributed by atoms with E-state index in [4.69, 9.17) is 5.84 Å². The number of urea groups is 1. The molecule has 5 nitrogen and oxygen atoms in total. The largest absolute Gasteiger partial charge is 0.329 e. The monoisotopic (exact) mass is 186 g/mol. The van der Waals surface area contributed by atoms with E-state index in [0.717, 1.165) is 5.01 Å². The molecular weight excluding hydrogens is 176 g/mol. The number of hydrazine groups is 1. The molecule has 66 valence electrons. The lowest BCUT2D eigenvalue weighted by Crippen LogP contribution is -2.40. The molecular formula is C6H10N4OS. The molecule has 0 radical (unpaired) electrons. The minimum absolute atomic E-state index is 0.103. The molecule has 0 fully saturated rings. The van der Waals surface area contributed by atoms with E-state index < -0.39 is 6.03 Å². The molecule has 0 bridgehead atoms. The average Bonchev–Trinajstić information content (AvgIpc) is 2.56. The molecule has 1 atom stereocenters. The Balaban J connectivity index is 2.49. The van der Waals surface area contributed by atoms with Gasteiger partial charge in [0.2, 0.25) is 0 Å². The van der Waals surface area contributed by atoms with Crippen molar-refractivity contribution in [1.82, 2.24) is 15.7 Å². The summed E-state index contributed by atoms with van der Waals surface area (Å²) < 4.78 is 0. The van der Waals surface area contributed by atoms with Crippen LogP contribution in [-0.4, -0.2) is 11.0 Å². The molecule has 0 saturated heterocycles. The van der Waals surface area contributed by atoms with Crippen molar-refractivity contribution in [3.8, 4) is 0 Å². The Morgan fingerprint density at radius 2 is 2.58 bits per heavy atom. The fourth-order valence-corrected chi connectivity index (χ4v) is 1.39. The maximum Gasteiger partial charge on any atom is 0.329 e. The predicted octanol–water partition coefficient (Wildman–Crippen LogP) is 0.377. The van der Waals surface area contributed by atoms with Gasteiger partial charge in [0, 0.05) is 11.6 Å². The van der Waals surface area contributed by atoms with Crippen LogP contribution >= 0.6 is 11.3 Å². The third-order valence-electron chi connectivity index (χ3n) is 1.30. The van der Waals surface area contributed by atoms with Gasteiger partial charge in [-0.1, -0.05) is 0 Å². The van der Waals surface area contributed by atoms with E-state index >= 15 is 0 Å². The van der Waals surface area contributed by atoms with Crippen LogP contribution in [0.3, 0.4) is 0 Å². The molecule has 0 spiro atoms. The Morgan fingerprint density at radius 1 is 1.83 bits per heavy atom. The Bertz CT molecular complexity index is 248. The number of amides is 2. The number of nitrogens with two attached hydrogens (primary N) is 1. The van der Waals surface area contributed by atoms with Gasteiger partial charge in [-0.2, -0.15) is 0 Å². The second-order valence-corrected chi connectivity index (χ2v) is 3.14. The number of aromatic nitrogens is 1. The fraction of sp³-hybridized carbons (Fsp3) is 0.333. The van der Waals surface area contributed by atoms with Crippen molar-refractivity contribution in [3.05, 3.63) is 16.6 Å². The second-order valence-electron chi connectivity index (χ2n) is 2.21. The van der Waals surface area contributed by atoms with Gasteiger partial charge in [0.25, 0.3) is 0 Å². The van der Waals surface area contributed by atoms with Gasteiger partial charge in [-0.05, 0) is 6.92 Å². The van der Waals surface area contributed by atoms with Crippen LogP contribution in [0.2, 0.25) is 0 Å². The van der Waals surface area contributed by atoms with Crippen molar-refractivity contribution < 1.29 is 4.79 Å². The molecule has 0 aromatic carbocycles. The summed E-state index contributed by atoms with van der Waals surface area (Å²) in [7, 11) is 0. The van der Waals surface area contributed by atoms with Crippen molar-refractivity contribution in [2.45, 2.75) is 13.0 Å². The minimum atomic E-state index is -0.405. The lowest BCUT2D eigenvalue weighted by atomic mass is 10.4. The highest BCUT2D eigenvalue weighted by Crippen LogP contribution is 2.13. The van der Waals surface area contributed by atoms with Crippen molar-refractivity contribution in [3.63, 3.8) is 0 Å². The number of carbonyl (C=O) groups is 1. The van der Waals surface area contributed by atoms with Crippen LogP contribution in [0.15, 0.2) is 11.6 Å². The van der Waals surface area contributed by atoms with Crippen molar-refractivity contribution >= 4 is 17.4 Å². The first kappa shape index (κ1) is 8.95. The topological polar surface area (TPSA) is 80.0 Å². The smallest absolute Gasteiger partial charge is 0.328 e. The molecule has 1 rings (SSSR count). The summed E-state index contributed by atoms with van der Waals surface area (Å²) in [5.41, 5.74) is 1.98. The minimum Gasteiger partial charge on any atom is -0.328 e. The van der Waals surface area contributed by atoms with Gasteiger partial charge in [-0.15, -0.1) is 11.3 Å². The van der Waals surface area contributed by atoms with Gasteiger partial charge in [0.1, 0.15) is 5.01 Å². The fourth-order valence-electron chi connectivity index (χ4n) is 0.748. The van der Waals surface area contributed by atoms with Gasteiger partial charge < -0.3 is 5.32 Å². The van der Waals surface area contributed by atoms with Crippen molar-refractivity contribution in [1.29, 1.82) is 0 Å². The van der Waals surface area contributed by atoms with E-state index in [0.29, 0.717) is 0 Å². The lowest BCUT2D eigenvalue weighted by molar-refractivity contribution is 0.238.